The van der Waals surface area contributed by atoms with Crippen molar-refractivity contribution in [3.63, 3.8) is 0 Å². The van der Waals surface area contributed by atoms with Crippen LogP contribution in [0, 0.1) is 5.92 Å². The molecule has 0 saturated heterocycles. The average molecular weight is 147 g/mol. The minimum Gasteiger partial charge on any atom is -0.301 e. The Morgan fingerprint density at radius 1 is 1.89 bits per heavy atom. The van der Waals surface area contributed by atoms with E-state index in [1.807, 2.05) is 6.08 Å². The summed E-state index contributed by atoms with van der Waals surface area (Å²) < 4.78 is 4.89. The predicted octanol–water partition coefficient (Wildman–Crippen LogP) is 1.74. The van der Waals surface area contributed by atoms with Gasteiger partial charge in [-0.05, 0) is 12.3 Å². The van der Waals surface area contributed by atoms with Crippen molar-refractivity contribution >= 4 is 12.2 Å². The Hall–Kier alpha value is 0.01000. The summed E-state index contributed by atoms with van der Waals surface area (Å²) in [6, 6.07) is 0. The van der Waals surface area contributed by atoms with Crippen LogP contribution in [0.4, 0.5) is 0 Å². The van der Waals surface area contributed by atoms with Gasteiger partial charge in [-0.3, -0.25) is 5.14 Å². The molecule has 0 aliphatic heterocycles. The first-order valence-electron chi connectivity index (χ1n) is 2.90. The third kappa shape index (κ3) is 5.89. The molecule has 2 nitrogen and oxygen atoms in total. The smallest absolute Gasteiger partial charge is 0.0758 e. The zero-order valence-corrected chi connectivity index (χ0v) is 6.49. The quantitative estimate of drug-likeness (QED) is 0.365. The zero-order chi connectivity index (χ0) is 7.11. The fraction of sp³-hybridized carbons (Fsp3) is 0.667. The number of hydrogen-bond acceptors (Lipinski definition) is 3. The standard InChI is InChI=1S/C6H13NOS/c1-3-4-6(2)5-8-9-7/h3,6H,1,4-5,7H2,2H3. The predicted molar refractivity (Wildman–Crippen MR) is 41.7 cm³/mol. The van der Waals surface area contributed by atoms with E-state index in [1.165, 1.54) is 0 Å². The summed E-state index contributed by atoms with van der Waals surface area (Å²) in [7, 11) is 0. The van der Waals surface area contributed by atoms with Gasteiger partial charge in [-0.1, -0.05) is 13.0 Å². The third-order valence-corrected chi connectivity index (χ3v) is 1.26. The van der Waals surface area contributed by atoms with Crippen LogP contribution >= 0.6 is 12.2 Å². The van der Waals surface area contributed by atoms with Gasteiger partial charge >= 0.3 is 0 Å². The second-order valence-electron chi connectivity index (χ2n) is 2.01. The van der Waals surface area contributed by atoms with Crippen molar-refractivity contribution in [2.45, 2.75) is 13.3 Å². The Kier molecular flexibility index (Phi) is 6.14. The maximum atomic E-state index is 5.04. The highest BCUT2D eigenvalue weighted by atomic mass is 32.2. The summed E-state index contributed by atoms with van der Waals surface area (Å²) in [6.07, 6.45) is 2.87. The lowest BCUT2D eigenvalue weighted by Gasteiger charge is -2.05. The van der Waals surface area contributed by atoms with E-state index in [1.54, 1.807) is 0 Å². The van der Waals surface area contributed by atoms with Crippen LogP contribution in [0.25, 0.3) is 0 Å². The molecule has 0 amide bonds. The van der Waals surface area contributed by atoms with Gasteiger partial charge in [0, 0.05) is 0 Å². The molecule has 3 heteroatoms. The lowest BCUT2D eigenvalue weighted by atomic mass is 10.1. The topological polar surface area (TPSA) is 35.2 Å². The summed E-state index contributed by atoms with van der Waals surface area (Å²) in [6.45, 7) is 6.41. The number of rotatable bonds is 5. The molecule has 0 spiro atoms. The molecular formula is C6H13NOS. The van der Waals surface area contributed by atoms with Crippen LogP contribution < -0.4 is 5.14 Å². The zero-order valence-electron chi connectivity index (χ0n) is 5.67. The van der Waals surface area contributed by atoms with Gasteiger partial charge in [0.15, 0.2) is 0 Å². The van der Waals surface area contributed by atoms with Crippen LogP contribution in [-0.4, -0.2) is 6.61 Å². The van der Waals surface area contributed by atoms with Crippen molar-refractivity contribution in [2.75, 3.05) is 6.61 Å². The molecule has 1 atom stereocenters. The molecule has 0 heterocycles. The number of nitrogens with two attached hydrogens (primary N) is 1. The van der Waals surface area contributed by atoms with Crippen LogP contribution in [-0.2, 0) is 4.18 Å². The van der Waals surface area contributed by atoms with Gasteiger partial charge in [0.2, 0.25) is 0 Å². The molecule has 0 bridgehead atoms. The molecule has 0 saturated carbocycles. The molecule has 9 heavy (non-hydrogen) atoms. The fourth-order valence-corrected chi connectivity index (χ4v) is 0.819. The Morgan fingerprint density at radius 3 is 3.00 bits per heavy atom. The fourth-order valence-electron chi connectivity index (χ4n) is 0.508. The van der Waals surface area contributed by atoms with Gasteiger partial charge in [0.05, 0.1) is 18.8 Å². The molecule has 0 radical (unpaired) electrons. The minimum absolute atomic E-state index is 0.526. The first-order valence-corrected chi connectivity index (χ1v) is 3.71. The lowest BCUT2D eigenvalue weighted by molar-refractivity contribution is 0.303. The number of hydrogen-bond donors (Lipinski definition) is 1. The van der Waals surface area contributed by atoms with Crippen molar-refractivity contribution < 1.29 is 4.18 Å². The molecule has 0 aliphatic carbocycles. The van der Waals surface area contributed by atoms with Crippen LogP contribution in [0.1, 0.15) is 13.3 Å². The van der Waals surface area contributed by atoms with Crippen molar-refractivity contribution in [1.29, 1.82) is 0 Å². The van der Waals surface area contributed by atoms with Crippen LogP contribution in [0.3, 0.4) is 0 Å². The Balaban J connectivity index is 3.04. The molecule has 0 aliphatic rings. The molecule has 0 aromatic heterocycles. The molecule has 0 rings (SSSR count). The summed E-state index contributed by atoms with van der Waals surface area (Å²) in [5.41, 5.74) is 0. The van der Waals surface area contributed by atoms with Gasteiger partial charge in [0.1, 0.15) is 0 Å². The van der Waals surface area contributed by atoms with Crippen LogP contribution in [0.2, 0.25) is 0 Å². The average Bonchev–Trinajstić information content (AvgIpc) is 1.85. The van der Waals surface area contributed by atoms with Gasteiger partial charge in [-0.15, -0.1) is 6.58 Å². The first kappa shape index (κ1) is 9.01. The number of allylic oxidation sites excluding steroid dienone is 1. The van der Waals surface area contributed by atoms with E-state index in [2.05, 4.69) is 13.5 Å². The van der Waals surface area contributed by atoms with Crippen LogP contribution in [0.5, 0.6) is 0 Å². The molecule has 0 fully saturated rings. The first-order chi connectivity index (χ1) is 4.31. The lowest BCUT2D eigenvalue weighted by Crippen LogP contribution is -2.01. The largest absolute Gasteiger partial charge is 0.301 e. The van der Waals surface area contributed by atoms with Crippen molar-refractivity contribution in [1.82, 2.24) is 0 Å². The highest BCUT2D eigenvalue weighted by Gasteiger charge is 1.97. The summed E-state index contributed by atoms with van der Waals surface area (Å²) in [5.74, 6) is 0.526. The molecule has 0 aromatic rings. The van der Waals surface area contributed by atoms with E-state index in [0.717, 1.165) is 18.6 Å². The molecular weight excluding hydrogens is 134 g/mol. The highest BCUT2D eigenvalue weighted by Crippen LogP contribution is 2.04. The molecule has 1 unspecified atom stereocenters. The van der Waals surface area contributed by atoms with Gasteiger partial charge in [-0.2, -0.15) is 0 Å². The monoisotopic (exact) mass is 147 g/mol. The summed E-state index contributed by atoms with van der Waals surface area (Å²) >= 11 is 0.922. The van der Waals surface area contributed by atoms with E-state index in [0.29, 0.717) is 12.5 Å². The van der Waals surface area contributed by atoms with Crippen LogP contribution in [0.15, 0.2) is 12.7 Å². The molecule has 2 N–H and O–H groups in total. The Labute approximate surface area is 60.8 Å². The van der Waals surface area contributed by atoms with E-state index in [4.69, 9.17) is 9.32 Å². The van der Waals surface area contributed by atoms with E-state index in [-0.39, 0.29) is 0 Å². The van der Waals surface area contributed by atoms with Crippen molar-refractivity contribution in [2.24, 2.45) is 11.1 Å². The Morgan fingerprint density at radius 2 is 2.56 bits per heavy atom. The molecule has 0 aromatic carbocycles. The SMILES string of the molecule is C=CCC(C)COSN. The van der Waals surface area contributed by atoms with Crippen molar-refractivity contribution in [3.8, 4) is 0 Å². The highest BCUT2D eigenvalue weighted by molar-refractivity contribution is 7.92. The summed E-state index contributed by atoms with van der Waals surface area (Å²) in [4.78, 5) is 0. The van der Waals surface area contributed by atoms with Crippen molar-refractivity contribution in [3.05, 3.63) is 12.7 Å². The van der Waals surface area contributed by atoms with E-state index in [9.17, 15) is 0 Å². The van der Waals surface area contributed by atoms with Gasteiger partial charge in [-0.25, -0.2) is 0 Å². The third-order valence-electron chi connectivity index (χ3n) is 0.990. The minimum atomic E-state index is 0.526. The second-order valence-corrected chi connectivity index (χ2v) is 2.44. The van der Waals surface area contributed by atoms with Gasteiger partial charge < -0.3 is 4.18 Å². The van der Waals surface area contributed by atoms with E-state index < -0.39 is 0 Å². The van der Waals surface area contributed by atoms with E-state index >= 15 is 0 Å². The molecule has 54 valence electrons. The maximum Gasteiger partial charge on any atom is 0.0758 e. The normalized spacial score (nSPS) is 13.1. The Bertz CT molecular complexity index is 77.5. The summed E-state index contributed by atoms with van der Waals surface area (Å²) in [5, 5.41) is 5.04. The second kappa shape index (κ2) is 6.13. The maximum absolute atomic E-state index is 5.04. The van der Waals surface area contributed by atoms with Gasteiger partial charge in [0.25, 0.3) is 0 Å².